The van der Waals surface area contributed by atoms with Gasteiger partial charge in [-0.05, 0) is 42.5 Å². The quantitative estimate of drug-likeness (QED) is 0.269. The number of aromatic nitrogens is 2. The van der Waals surface area contributed by atoms with Crippen molar-refractivity contribution in [3.8, 4) is 22.7 Å². The number of aromatic hydroxyl groups is 1. The van der Waals surface area contributed by atoms with Gasteiger partial charge in [-0.3, -0.25) is 25.7 Å². The van der Waals surface area contributed by atoms with Gasteiger partial charge in [0.05, 0.1) is 21.6 Å². The van der Waals surface area contributed by atoms with Crippen LogP contribution in [0.15, 0.2) is 48.7 Å². The van der Waals surface area contributed by atoms with Crippen molar-refractivity contribution >= 4 is 28.7 Å². The van der Waals surface area contributed by atoms with Crippen LogP contribution >= 0.6 is 12.2 Å². The van der Waals surface area contributed by atoms with Gasteiger partial charge in [0.1, 0.15) is 17.6 Å². The van der Waals surface area contributed by atoms with Crippen molar-refractivity contribution in [1.29, 1.82) is 0 Å². The molecule has 0 amide bonds. The molecule has 1 fully saturated rings. The number of non-ortho nitro benzene ring substituents is 1. The Bertz CT molecular complexity index is 1180. The number of rotatable bonds is 5. The Labute approximate surface area is 173 Å². The van der Waals surface area contributed by atoms with Gasteiger partial charge in [0.15, 0.2) is 5.11 Å². The molecule has 12 nitrogen and oxygen atoms in total. The third kappa shape index (κ3) is 3.49. The first-order valence-corrected chi connectivity index (χ1v) is 8.88. The van der Waals surface area contributed by atoms with Crippen LogP contribution in [0.5, 0.6) is 5.75 Å². The minimum absolute atomic E-state index is 0.0606. The summed E-state index contributed by atoms with van der Waals surface area (Å²) in [4.78, 5) is 21.1. The molecule has 0 saturated carbocycles. The fraction of sp³-hybridized carbons (Fsp3) is 0.0588. The number of nitro benzene ring substituents is 2. The van der Waals surface area contributed by atoms with Crippen molar-refractivity contribution in [3.63, 3.8) is 0 Å². The number of nitrogens with one attached hydrogen (secondary N) is 3. The Morgan fingerprint density at radius 3 is 2.43 bits per heavy atom. The topological polar surface area (TPSA) is 160 Å². The Morgan fingerprint density at radius 1 is 1.10 bits per heavy atom. The van der Waals surface area contributed by atoms with E-state index in [1.807, 2.05) is 0 Å². The van der Waals surface area contributed by atoms with Crippen LogP contribution in [0.1, 0.15) is 11.7 Å². The van der Waals surface area contributed by atoms with E-state index in [-0.39, 0.29) is 11.4 Å². The lowest BCUT2D eigenvalue weighted by Crippen LogP contribution is -2.26. The van der Waals surface area contributed by atoms with Crippen LogP contribution in [0.25, 0.3) is 16.9 Å². The predicted molar refractivity (Wildman–Crippen MR) is 109 cm³/mol. The maximum absolute atomic E-state index is 11.5. The molecule has 3 aromatic rings. The van der Waals surface area contributed by atoms with E-state index >= 15 is 0 Å². The van der Waals surface area contributed by atoms with E-state index in [0.717, 1.165) is 6.07 Å². The van der Waals surface area contributed by atoms with Gasteiger partial charge >= 0.3 is 5.69 Å². The monoisotopic (exact) mass is 427 g/mol. The van der Waals surface area contributed by atoms with E-state index < -0.39 is 27.4 Å². The van der Waals surface area contributed by atoms with Crippen molar-refractivity contribution in [1.82, 2.24) is 25.9 Å². The summed E-state index contributed by atoms with van der Waals surface area (Å²) >= 11 is 5.07. The van der Waals surface area contributed by atoms with Crippen LogP contribution in [-0.2, 0) is 0 Å². The van der Waals surface area contributed by atoms with Crippen LogP contribution in [0, 0.1) is 20.2 Å². The highest BCUT2D eigenvalue weighted by Gasteiger charge is 2.28. The Hall–Kier alpha value is -4.10. The summed E-state index contributed by atoms with van der Waals surface area (Å²) in [6, 6.07) is 9.61. The number of nitrogens with zero attached hydrogens (tertiary/aromatic N) is 4. The molecule has 1 saturated heterocycles. The second kappa shape index (κ2) is 7.38. The van der Waals surface area contributed by atoms with Gasteiger partial charge in [0, 0.05) is 23.4 Å². The largest absolute Gasteiger partial charge is 0.508 e. The number of hydrogen-bond donors (Lipinski definition) is 4. The first-order chi connectivity index (χ1) is 14.3. The zero-order chi connectivity index (χ0) is 21.4. The zero-order valence-corrected chi connectivity index (χ0v) is 15.8. The van der Waals surface area contributed by atoms with E-state index in [0.29, 0.717) is 21.9 Å². The summed E-state index contributed by atoms with van der Waals surface area (Å²) in [5.74, 6) is 0.0747. The second-order valence-electron chi connectivity index (χ2n) is 6.29. The maximum atomic E-state index is 11.5. The van der Waals surface area contributed by atoms with Gasteiger partial charge in [-0.15, -0.1) is 0 Å². The molecule has 1 aliphatic rings. The van der Waals surface area contributed by atoms with E-state index in [4.69, 9.17) is 12.2 Å². The first kappa shape index (κ1) is 19.2. The van der Waals surface area contributed by atoms with Crippen molar-refractivity contribution in [3.05, 3.63) is 74.5 Å². The second-order valence-corrected chi connectivity index (χ2v) is 6.70. The number of phenols is 1. The van der Waals surface area contributed by atoms with Gasteiger partial charge in [-0.25, -0.2) is 10.1 Å². The number of nitro groups is 2. The summed E-state index contributed by atoms with van der Waals surface area (Å²) in [6.45, 7) is 0. The highest BCUT2D eigenvalue weighted by Crippen LogP contribution is 2.32. The molecule has 2 heterocycles. The smallest absolute Gasteiger partial charge is 0.301 e. The molecule has 1 aromatic heterocycles. The van der Waals surface area contributed by atoms with Crippen LogP contribution < -0.4 is 16.2 Å². The standard InChI is InChI=1S/C17H13N7O5S/c25-11-4-1-9(2-5-11)15-12(16-18-17(30)20-19-16)8-22(21-15)13-6-3-10(23(26)27)7-14(13)24(28)29/h1-8,16,19,25H,(H2,18,20,30). The molecule has 0 bridgehead atoms. The predicted octanol–water partition coefficient (Wildman–Crippen LogP) is 2.04. The van der Waals surface area contributed by atoms with Gasteiger partial charge in [-0.1, -0.05) is 0 Å². The fourth-order valence-corrected chi connectivity index (χ4v) is 3.20. The Balaban J connectivity index is 1.87. The van der Waals surface area contributed by atoms with Gasteiger partial charge < -0.3 is 10.4 Å². The number of hydrogen-bond acceptors (Lipinski definition) is 8. The lowest BCUT2D eigenvalue weighted by molar-refractivity contribution is -0.394. The van der Waals surface area contributed by atoms with Crippen molar-refractivity contribution in [2.24, 2.45) is 0 Å². The minimum Gasteiger partial charge on any atom is -0.508 e. The molecule has 0 aliphatic carbocycles. The van der Waals surface area contributed by atoms with Crippen molar-refractivity contribution in [2.45, 2.75) is 6.17 Å². The molecule has 1 aliphatic heterocycles. The highest BCUT2D eigenvalue weighted by molar-refractivity contribution is 7.80. The third-order valence-electron chi connectivity index (χ3n) is 4.41. The first-order valence-electron chi connectivity index (χ1n) is 8.47. The normalized spacial score (nSPS) is 15.5. The molecule has 1 atom stereocenters. The van der Waals surface area contributed by atoms with Crippen LogP contribution in [-0.4, -0.2) is 29.8 Å². The molecule has 2 aromatic carbocycles. The molecular formula is C17H13N7O5S. The molecule has 4 N–H and O–H groups in total. The van der Waals surface area contributed by atoms with Gasteiger partial charge in [0.2, 0.25) is 0 Å². The van der Waals surface area contributed by atoms with Crippen molar-refractivity contribution in [2.75, 3.05) is 0 Å². The molecule has 0 spiro atoms. The number of thiocarbonyl (C=S) groups is 1. The lowest BCUT2D eigenvalue weighted by atomic mass is 10.1. The summed E-state index contributed by atoms with van der Waals surface area (Å²) in [7, 11) is 0. The van der Waals surface area contributed by atoms with Gasteiger partial charge in [0.25, 0.3) is 5.69 Å². The van der Waals surface area contributed by atoms with E-state index in [1.54, 1.807) is 18.3 Å². The molecule has 152 valence electrons. The number of hydrazine groups is 1. The van der Waals surface area contributed by atoms with E-state index in [2.05, 4.69) is 21.3 Å². The summed E-state index contributed by atoms with van der Waals surface area (Å²) in [5, 5.41) is 39.9. The van der Waals surface area contributed by atoms with Gasteiger partial charge in [-0.2, -0.15) is 5.10 Å². The average molecular weight is 427 g/mol. The zero-order valence-electron chi connectivity index (χ0n) is 15.0. The Kier molecular flexibility index (Phi) is 4.73. The third-order valence-corrected chi connectivity index (χ3v) is 4.63. The summed E-state index contributed by atoms with van der Waals surface area (Å²) in [6.07, 6.45) is 1.09. The summed E-state index contributed by atoms with van der Waals surface area (Å²) < 4.78 is 1.28. The fourth-order valence-electron chi connectivity index (χ4n) is 3.03. The average Bonchev–Trinajstić information content (AvgIpc) is 3.34. The molecule has 4 rings (SSSR count). The highest BCUT2D eigenvalue weighted by atomic mass is 32.1. The van der Waals surface area contributed by atoms with Crippen LogP contribution in [0.2, 0.25) is 0 Å². The molecule has 30 heavy (non-hydrogen) atoms. The number of benzene rings is 2. The molecule has 0 radical (unpaired) electrons. The lowest BCUT2D eigenvalue weighted by Gasteiger charge is -2.09. The molecular weight excluding hydrogens is 414 g/mol. The van der Waals surface area contributed by atoms with E-state index in [9.17, 15) is 25.3 Å². The van der Waals surface area contributed by atoms with Crippen LogP contribution in [0.4, 0.5) is 11.4 Å². The summed E-state index contributed by atoms with van der Waals surface area (Å²) in [5.41, 5.74) is 6.64. The van der Waals surface area contributed by atoms with Crippen molar-refractivity contribution < 1.29 is 15.0 Å². The number of phenolic OH excluding ortho intramolecular Hbond substituents is 1. The van der Waals surface area contributed by atoms with Crippen LogP contribution in [0.3, 0.4) is 0 Å². The molecule has 1 unspecified atom stereocenters. The molecule has 13 heteroatoms. The van der Waals surface area contributed by atoms with E-state index in [1.165, 1.54) is 28.9 Å². The Morgan fingerprint density at radius 2 is 1.83 bits per heavy atom. The maximum Gasteiger partial charge on any atom is 0.301 e. The SMILES string of the molecule is O=[N+]([O-])c1ccc(-n2cc(C3NNC(=S)N3)c(-c3ccc(O)cc3)n2)c([N+](=O)[O-])c1. The minimum atomic E-state index is -0.702.